The Bertz CT molecular complexity index is 153. The summed E-state index contributed by atoms with van der Waals surface area (Å²) in [4.78, 5) is 0. The van der Waals surface area contributed by atoms with E-state index in [0.29, 0.717) is 6.54 Å². The molecule has 0 unspecified atom stereocenters. The SMILES string of the molecule is OCCNc1cnsn1. The third kappa shape index (κ3) is 1.95. The van der Waals surface area contributed by atoms with Crippen LogP contribution in [0, 0.1) is 0 Å². The van der Waals surface area contributed by atoms with Crippen LogP contribution < -0.4 is 5.32 Å². The smallest absolute Gasteiger partial charge is 0.160 e. The van der Waals surface area contributed by atoms with Crippen molar-refractivity contribution in [2.24, 2.45) is 0 Å². The van der Waals surface area contributed by atoms with Crippen molar-refractivity contribution in [3.63, 3.8) is 0 Å². The molecule has 0 aliphatic heterocycles. The fourth-order valence-corrected chi connectivity index (χ4v) is 0.820. The Morgan fingerprint density at radius 3 is 3.22 bits per heavy atom. The van der Waals surface area contributed by atoms with E-state index >= 15 is 0 Å². The van der Waals surface area contributed by atoms with Crippen molar-refractivity contribution in [3.8, 4) is 0 Å². The number of nitrogens with one attached hydrogen (secondary N) is 1. The molecule has 5 heteroatoms. The van der Waals surface area contributed by atoms with Crippen molar-refractivity contribution in [2.45, 2.75) is 0 Å². The standard InChI is InChI=1S/C4H7N3OS/c8-2-1-5-4-3-6-9-7-4/h3,8H,1-2H2,(H,5,7). The van der Waals surface area contributed by atoms with Gasteiger partial charge < -0.3 is 10.4 Å². The Kier molecular flexibility index (Phi) is 2.41. The molecule has 4 nitrogen and oxygen atoms in total. The minimum atomic E-state index is 0.123. The number of aliphatic hydroxyl groups is 1. The summed E-state index contributed by atoms with van der Waals surface area (Å²) in [5.74, 6) is 0.731. The summed E-state index contributed by atoms with van der Waals surface area (Å²) in [5.41, 5.74) is 0. The molecule has 0 atom stereocenters. The molecule has 1 rings (SSSR count). The van der Waals surface area contributed by atoms with E-state index in [0.717, 1.165) is 17.5 Å². The first-order chi connectivity index (χ1) is 4.43. The molecule has 0 fully saturated rings. The molecule has 50 valence electrons. The lowest BCUT2D eigenvalue weighted by molar-refractivity contribution is 0.311. The van der Waals surface area contributed by atoms with E-state index in [9.17, 15) is 0 Å². The Labute approximate surface area is 56.9 Å². The average Bonchev–Trinajstić information content (AvgIpc) is 2.34. The second kappa shape index (κ2) is 3.37. The van der Waals surface area contributed by atoms with Crippen LogP contribution in [0.15, 0.2) is 6.20 Å². The van der Waals surface area contributed by atoms with Crippen LogP contribution in [-0.4, -0.2) is 27.0 Å². The van der Waals surface area contributed by atoms with Gasteiger partial charge in [0.25, 0.3) is 0 Å². The molecular formula is C4H7N3OS. The Hall–Kier alpha value is -0.680. The van der Waals surface area contributed by atoms with Gasteiger partial charge in [-0.2, -0.15) is 8.75 Å². The molecule has 1 heterocycles. The summed E-state index contributed by atoms with van der Waals surface area (Å²) in [6, 6.07) is 0. The van der Waals surface area contributed by atoms with E-state index in [2.05, 4.69) is 14.1 Å². The highest BCUT2D eigenvalue weighted by Gasteiger charge is 1.90. The molecule has 0 saturated heterocycles. The van der Waals surface area contributed by atoms with Crippen LogP contribution in [0.3, 0.4) is 0 Å². The fraction of sp³-hybridized carbons (Fsp3) is 0.500. The van der Waals surface area contributed by atoms with Crippen LogP contribution in [-0.2, 0) is 0 Å². The Morgan fingerprint density at radius 1 is 1.78 bits per heavy atom. The first-order valence-corrected chi connectivity index (χ1v) is 3.29. The number of anilines is 1. The van der Waals surface area contributed by atoms with Gasteiger partial charge in [-0.25, -0.2) is 0 Å². The zero-order valence-corrected chi connectivity index (χ0v) is 5.56. The van der Waals surface area contributed by atoms with Crippen LogP contribution in [0.2, 0.25) is 0 Å². The van der Waals surface area contributed by atoms with Crippen molar-refractivity contribution in [2.75, 3.05) is 18.5 Å². The maximum Gasteiger partial charge on any atom is 0.160 e. The minimum absolute atomic E-state index is 0.123. The van der Waals surface area contributed by atoms with Gasteiger partial charge in [0.15, 0.2) is 5.82 Å². The molecule has 0 bridgehead atoms. The molecule has 0 spiro atoms. The van der Waals surface area contributed by atoms with Gasteiger partial charge in [-0.05, 0) is 0 Å². The number of aliphatic hydroxyl groups excluding tert-OH is 1. The molecule has 0 aromatic carbocycles. The largest absolute Gasteiger partial charge is 0.395 e. The zero-order chi connectivity index (χ0) is 6.53. The van der Waals surface area contributed by atoms with Crippen molar-refractivity contribution >= 4 is 17.5 Å². The van der Waals surface area contributed by atoms with E-state index in [-0.39, 0.29) is 6.61 Å². The number of nitrogens with zero attached hydrogens (tertiary/aromatic N) is 2. The lowest BCUT2D eigenvalue weighted by Crippen LogP contribution is -2.04. The maximum absolute atomic E-state index is 8.36. The summed E-state index contributed by atoms with van der Waals surface area (Å²) in [6.45, 7) is 0.656. The quantitative estimate of drug-likeness (QED) is 0.625. The lowest BCUT2D eigenvalue weighted by atomic mass is 10.6. The van der Waals surface area contributed by atoms with Gasteiger partial charge >= 0.3 is 0 Å². The molecule has 0 amide bonds. The third-order valence-electron chi connectivity index (χ3n) is 0.779. The minimum Gasteiger partial charge on any atom is -0.395 e. The molecule has 0 saturated carbocycles. The van der Waals surface area contributed by atoms with Crippen LogP contribution in [0.5, 0.6) is 0 Å². The number of hydrogen-bond acceptors (Lipinski definition) is 5. The molecular weight excluding hydrogens is 138 g/mol. The van der Waals surface area contributed by atoms with Crippen LogP contribution in [0.25, 0.3) is 0 Å². The highest BCUT2D eigenvalue weighted by molar-refractivity contribution is 6.99. The molecule has 1 aromatic rings. The van der Waals surface area contributed by atoms with Gasteiger partial charge in [0, 0.05) is 6.54 Å². The van der Waals surface area contributed by atoms with E-state index in [1.807, 2.05) is 0 Å². The normalized spacial score (nSPS) is 9.44. The molecule has 0 radical (unpaired) electrons. The molecule has 1 aromatic heterocycles. The Morgan fingerprint density at radius 2 is 2.67 bits per heavy atom. The van der Waals surface area contributed by atoms with Crippen molar-refractivity contribution in [1.29, 1.82) is 0 Å². The second-order valence-electron chi connectivity index (χ2n) is 1.44. The van der Waals surface area contributed by atoms with E-state index < -0.39 is 0 Å². The van der Waals surface area contributed by atoms with Gasteiger partial charge in [-0.3, -0.25) is 0 Å². The van der Waals surface area contributed by atoms with E-state index in [4.69, 9.17) is 5.11 Å². The summed E-state index contributed by atoms with van der Waals surface area (Å²) in [6.07, 6.45) is 1.63. The molecule has 9 heavy (non-hydrogen) atoms. The predicted molar refractivity (Wildman–Crippen MR) is 35.5 cm³/mol. The average molecular weight is 145 g/mol. The number of hydrogen-bond donors (Lipinski definition) is 2. The molecule has 0 aliphatic carbocycles. The van der Waals surface area contributed by atoms with Gasteiger partial charge in [0.05, 0.1) is 24.5 Å². The van der Waals surface area contributed by atoms with Crippen LogP contribution >= 0.6 is 11.7 Å². The maximum atomic E-state index is 8.36. The lowest BCUT2D eigenvalue weighted by Gasteiger charge is -1.94. The highest BCUT2D eigenvalue weighted by atomic mass is 32.1. The predicted octanol–water partition coefficient (Wildman–Crippen LogP) is -0.0577. The van der Waals surface area contributed by atoms with Gasteiger partial charge in [0.1, 0.15) is 0 Å². The summed E-state index contributed by atoms with van der Waals surface area (Å²) < 4.78 is 7.62. The van der Waals surface area contributed by atoms with Gasteiger partial charge in [0.2, 0.25) is 0 Å². The van der Waals surface area contributed by atoms with E-state index in [1.165, 1.54) is 0 Å². The van der Waals surface area contributed by atoms with Gasteiger partial charge in [-0.15, -0.1) is 0 Å². The summed E-state index contributed by atoms with van der Waals surface area (Å²) >= 11 is 1.15. The fourth-order valence-electron chi connectivity index (χ4n) is 0.427. The summed E-state index contributed by atoms with van der Waals surface area (Å²) in [7, 11) is 0. The van der Waals surface area contributed by atoms with Gasteiger partial charge in [-0.1, -0.05) is 0 Å². The zero-order valence-electron chi connectivity index (χ0n) is 4.74. The monoisotopic (exact) mass is 145 g/mol. The third-order valence-corrected chi connectivity index (χ3v) is 1.26. The number of aromatic nitrogens is 2. The van der Waals surface area contributed by atoms with Crippen molar-refractivity contribution < 1.29 is 5.11 Å². The topological polar surface area (TPSA) is 58.0 Å². The van der Waals surface area contributed by atoms with Crippen LogP contribution in [0.4, 0.5) is 5.82 Å². The first-order valence-electron chi connectivity index (χ1n) is 2.56. The summed E-state index contributed by atoms with van der Waals surface area (Å²) in [5, 5.41) is 11.2. The molecule has 0 aliphatic rings. The first kappa shape index (κ1) is 6.44. The van der Waals surface area contributed by atoms with Crippen LogP contribution in [0.1, 0.15) is 0 Å². The number of rotatable bonds is 3. The molecule has 2 N–H and O–H groups in total. The van der Waals surface area contributed by atoms with Crippen molar-refractivity contribution in [1.82, 2.24) is 8.75 Å². The van der Waals surface area contributed by atoms with E-state index in [1.54, 1.807) is 6.20 Å². The highest BCUT2D eigenvalue weighted by Crippen LogP contribution is 1.99. The van der Waals surface area contributed by atoms with Crippen molar-refractivity contribution in [3.05, 3.63) is 6.20 Å². The second-order valence-corrected chi connectivity index (χ2v) is 2.00. The Balaban J connectivity index is 2.30.